The largest absolute Gasteiger partial charge is 0.463 e. The molecule has 5 nitrogen and oxygen atoms in total. The number of thioether (sulfide) groups is 1. The van der Waals surface area contributed by atoms with Crippen LogP contribution in [-0.4, -0.2) is 23.4 Å². The number of aryl methyl sites for hydroxylation is 1. The van der Waals surface area contributed by atoms with E-state index >= 15 is 0 Å². The van der Waals surface area contributed by atoms with Gasteiger partial charge in [0.15, 0.2) is 4.80 Å². The molecule has 3 aromatic carbocycles. The monoisotopic (exact) mass is 526 g/mol. The Labute approximate surface area is 223 Å². The van der Waals surface area contributed by atoms with Gasteiger partial charge in [0.25, 0.3) is 5.56 Å². The van der Waals surface area contributed by atoms with Crippen LogP contribution >= 0.6 is 23.1 Å². The molecule has 1 aromatic heterocycles. The minimum absolute atomic E-state index is 0.183. The fourth-order valence-electron chi connectivity index (χ4n) is 4.36. The fraction of sp³-hybridized carbons (Fsp3) is 0.167. The summed E-state index contributed by atoms with van der Waals surface area (Å²) in [5, 5.41) is 0. The van der Waals surface area contributed by atoms with Crippen molar-refractivity contribution in [2.24, 2.45) is 4.99 Å². The lowest BCUT2D eigenvalue weighted by molar-refractivity contribution is -0.138. The van der Waals surface area contributed by atoms with Crippen LogP contribution in [0.25, 0.3) is 11.8 Å². The normalized spacial score (nSPS) is 15.3. The Morgan fingerprint density at radius 1 is 1.05 bits per heavy atom. The van der Waals surface area contributed by atoms with Gasteiger partial charge in [-0.05, 0) is 49.4 Å². The van der Waals surface area contributed by atoms with Crippen molar-refractivity contribution in [2.75, 3.05) is 12.9 Å². The maximum Gasteiger partial charge on any atom is 0.338 e. The summed E-state index contributed by atoms with van der Waals surface area (Å²) in [4.78, 5) is 33.9. The summed E-state index contributed by atoms with van der Waals surface area (Å²) in [5.41, 5.74) is 4.42. The predicted molar refractivity (Wildman–Crippen MR) is 150 cm³/mol. The van der Waals surface area contributed by atoms with Crippen LogP contribution in [0.1, 0.15) is 35.2 Å². The summed E-state index contributed by atoms with van der Waals surface area (Å²) >= 11 is 2.97. The van der Waals surface area contributed by atoms with E-state index in [2.05, 4.69) is 0 Å². The molecule has 5 rings (SSSR count). The van der Waals surface area contributed by atoms with Crippen LogP contribution in [0.2, 0.25) is 0 Å². The van der Waals surface area contributed by atoms with E-state index in [0.717, 1.165) is 27.1 Å². The van der Waals surface area contributed by atoms with Crippen LogP contribution in [0.4, 0.5) is 0 Å². The van der Waals surface area contributed by atoms with Crippen molar-refractivity contribution in [3.63, 3.8) is 0 Å². The van der Waals surface area contributed by atoms with Gasteiger partial charge in [-0.2, -0.15) is 0 Å². The average molecular weight is 527 g/mol. The quantitative estimate of drug-likeness (QED) is 0.263. The molecule has 0 spiro atoms. The molecule has 1 aliphatic rings. The van der Waals surface area contributed by atoms with Crippen LogP contribution < -0.4 is 14.9 Å². The van der Waals surface area contributed by atoms with Crippen LogP contribution in [0.5, 0.6) is 0 Å². The summed E-state index contributed by atoms with van der Waals surface area (Å²) in [6.45, 7) is 4.03. The number of benzene rings is 3. The van der Waals surface area contributed by atoms with Gasteiger partial charge in [-0.1, -0.05) is 83.6 Å². The topological polar surface area (TPSA) is 60.7 Å². The summed E-state index contributed by atoms with van der Waals surface area (Å²) < 4.78 is 7.71. The lowest BCUT2D eigenvalue weighted by atomic mass is 9.93. The van der Waals surface area contributed by atoms with Crippen molar-refractivity contribution >= 4 is 40.8 Å². The third-order valence-corrected chi connectivity index (χ3v) is 7.91. The van der Waals surface area contributed by atoms with E-state index in [1.807, 2.05) is 98.1 Å². The fourth-order valence-corrected chi connectivity index (χ4v) is 5.77. The van der Waals surface area contributed by atoms with Gasteiger partial charge in [-0.25, -0.2) is 9.79 Å². The predicted octanol–water partition coefficient (Wildman–Crippen LogP) is 4.97. The van der Waals surface area contributed by atoms with Gasteiger partial charge >= 0.3 is 5.97 Å². The number of esters is 1. The molecule has 2 heterocycles. The molecule has 0 radical (unpaired) electrons. The smallest absolute Gasteiger partial charge is 0.338 e. The van der Waals surface area contributed by atoms with Crippen LogP contribution in [-0.2, 0) is 9.53 Å². The highest BCUT2D eigenvalue weighted by atomic mass is 32.2. The van der Waals surface area contributed by atoms with E-state index < -0.39 is 12.0 Å². The minimum Gasteiger partial charge on any atom is -0.463 e. The molecule has 0 aliphatic carbocycles. The number of hydrogen-bond donors (Lipinski definition) is 0. The Bertz CT molecular complexity index is 1650. The molecular formula is C30H26N2O3S2. The Morgan fingerprint density at radius 3 is 2.41 bits per heavy atom. The number of fused-ring (bicyclic) bond motifs is 1. The zero-order valence-electron chi connectivity index (χ0n) is 20.8. The number of thiazole rings is 1. The molecule has 0 amide bonds. The highest BCUT2D eigenvalue weighted by Gasteiger charge is 2.35. The number of aromatic nitrogens is 1. The second kappa shape index (κ2) is 10.7. The standard InChI is InChI=1S/C30H26N2O3S2/c1-4-35-29(34)25-26(21-8-6-5-7-9-21)31-30-32(27(25)22-14-16-23(36-3)17-15-22)28(33)24(37-30)18-20-12-10-19(2)11-13-20/h5-18,27H,4H2,1-3H3/b24-18-/t27-/m0/s1. The van der Waals surface area contributed by atoms with Crippen LogP contribution in [0, 0.1) is 6.92 Å². The number of rotatable bonds is 6. The number of carbonyl (C=O) groups excluding carboxylic acids is 1. The molecule has 4 aromatic rings. The van der Waals surface area contributed by atoms with Gasteiger partial charge in [0.1, 0.15) is 0 Å². The van der Waals surface area contributed by atoms with Gasteiger partial charge in [-0.3, -0.25) is 9.36 Å². The van der Waals surface area contributed by atoms with E-state index in [-0.39, 0.29) is 12.2 Å². The first kappa shape index (κ1) is 25.0. The van der Waals surface area contributed by atoms with Crippen molar-refractivity contribution in [2.45, 2.75) is 24.8 Å². The SMILES string of the molecule is CCOC(=O)C1=C(c2ccccc2)N=c2s/c(=C\c3ccc(C)cc3)c(=O)n2[C@H]1c1ccc(SC)cc1. The van der Waals surface area contributed by atoms with E-state index in [4.69, 9.17) is 9.73 Å². The number of ether oxygens (including phenoxy) is 1. The van der Waals surface area contributed by atoms with E-state index in [1.54, 1.807) is 23.3 Å². The third-order valence-electron chi connectivity index (χ3n) is 6.18. The number of hydrogen-bond acceptors (Lipinski definition) is 6. The molecule has 0 unspecified atom stereocenters. The molecule has 0 saturated heterocycles. The van der Waals surface area contributed by atoms with Crippen LogP contribution in [0.15, 0.2) is 99.1 Å². The van der Waals surface area contributed by atoms with Gasteiger partial charge in [0, 0.05) is 10.5 Å². The first-order chi connectivity index (χ1) is 18.0. The molecule has 1 atom stereocenters. The van der Waals surface area contributed by atoms with Crippen molar-refractivity contribution in [1.82, 2.24) is 4.57 Å². The highest BCUT2D eigenvalue weighted by Crippen LogP contribution is 2.35. The van der Waals surface area contributed by atoms with Gasteiger partial charge in [0.05, 0.1) is 28.5 Å². The summed E-state index contributed by atoms with van der Waals surface area (Å²) in [5.74, 6) is -0.475. The number of nitrogens with zero attached hydrogens (tertiary/aromatic N) is 2. The molecule has 7 heteroatoms. The molecule has 0 fully saturated rings. The lowest BCUT2D eigenvalue weighted by Crippen LogP contribution is -2.40. The van der Waals surface area contributed by atoms with Crippen molar-refractivity contribution in [1.29, 1.82) is 0 Å². The second-order valence-electron chi connectivity index (χ2n) is 8.62. The molecule has 186 valence electrons. The summed E-state index contributed by atoms with van der Waals surface area (Å²) in [6.07, 6.45) is 3.90. The Balaban J connectivity index is 1.81. The molecular weight excluding hydrogens is 500 g/mol. The zero-order chi connectivity index (χ0) is 25.9. The molecule has 1 aliphatic heterocycles. The van der Waals surface area contributed by atoms with Crippen LogP contribution in [0.3, 0.4) is 0 Å². The molecule has 0 N–H and O–H groups in total. The van der Waals surface area contributed by atoms with E-state index in [0.29, 0.717) is 20.6 Å². The second-order valence-corrected chi connectivity index (χ2v) is 10.5. The number of carbonyl (C=O) groups is 1. The average Bonchev–Trinajstić information content (AvgIpc) is 3.24. The maximum absolute atomic E-state index is 13.9. The van der Waals surface area contributed by atoms with E-state index in [1.165, 1.54) is 11.3 Å². The first-order valence-corrected chi connectivity index (χ1v) is 14.0. The van der Waals surface area contributed by atoms with Crippen molar-refractivity contribution in [3.05, 3.63) is 126 Å². The molecule has 0 bridgehead atoms. The van der Waals surface area contributed by atoms with Crippen molar-refractivity contribution in [3.8, 4) is 0 Å². The Hall–Kier alpha value is -3.68. The lowest BCUT2D eigenvalue weighted by Gasteiger charge is -2.26. The summed E-state index contributed by atoms with van der Waals surface area (Å²) in [6, 6.07) is 24.9. The van der Waals surface area contributed by atoms with E-state index in [9.17, 15) is 9.59 Å². The van der Waals surface area contributed by atoms with Gasteiger partial charge in [0.2, 0.25) is 0 Å². The minimum atomic E-state index is -0.665. The Morgan fingerprint density at radius 2 is 1.76 bits per heavy atom. The maximum atomic E-state index is 13.9. The van der Waals surface area contributed by atoms with Gasteiger partial charge in [-0.15, -0.1) is 11.8 Å². The summed E-state index contributed by atoms with van der Waals surface area (Å²) in [7, 11) is 0. The van der Waals surface area contributed by atoms with Gasteiger partial charge < -0.3 is 4.74 Å². The Kier molecular flexibility index (Phi) is 7.26. The zero-order valence-corrected chi connectivity index (χ0v) is 22.4. The molecule has 0 saturated carbocycles. The third kappa shape index (κ3) is 4.97. The highest BCUT2D eigenvalue weighted by molar-refractivity contribution is 7.98. The first-order valence-electron chi connectivity index (χ1n) is 12.0. The van der Waals surface area contributed by atoms with Crippen molar-refractivity contribution < 1.29 is 9.53 Å². The molecule has 37 heavy (non-hydrogen) atoms.